The Bertz CT molecular complexity index is 607. The summed E-state index contributed by atoms with van der Waals surface area (Å²) in [6.07, 6.45) is -0.170. The number of carboxylic acid groups (broad SMARTS) is 1. The molecule has 0 saturated carbocycles. The van der Waals surface area contributed by atoms with Crippen molar-refractivity contribution in [1.82, 2.24) is 9.80 Å². The van der Waals surface area contributed by atoms with Crippen molar-refractivity contribution >= 4 is 11.9 Å². The lowest BCUT2D eigenvalue weighted by Gasteiger charge is -2.34. The molecule has 1 N–H and O–H groups in total. The molecule has 1 aromatic rings. The molecule has 138 valence electrons. The number of likely N-dealkylation sites (N-methyl/N-ethyl adjacent to an activating group) is 1. The standard InChI is InChI=1S/C19H28N2O4/c1-19(2,3)15-7-5-14(6-8-15)18(24)21-9-10-25-16(12-21)11-20(4)13-17(22)23/h5-8,16H,9-13H2,1-4H3,(H,22,23). The van der Waals surface area contributed by atoms with Gasteiger partial charge in [-0.15, -0.1) is 0 Å². The summed E-state index contributed by atoms with van der Waals surface area (Å²) >= 11 is 0. The summed E-state index contributed by atoms with van der Waals surface area (Å²) in [5, 5.41) is 8.83. The van der Waals surface area contributed by atoms with Crippen LogP contribution in [0.25, 0.3) is 0 Å². The van der Waals surface area contributed by atoms with Gasteiger partial charge in [0.1, 0.15) is 0 Å². The van der Waals surface area contributed by atoms with Crippen LogP contribution in [0, 0.1) is 0 Å². The SMILES string of the molecule is CN(CC(=O)O)CC1CN(C(=O)c2ccc(C(C)(C)C)cc2)CCO1. The molecule has 0 aliphatic carbocycles. The number of ether oxygens (including phenoxy) is 1. The van der Waals surface area contributed by atoms with Gasteiger partial charge in [-0.3, -0.25) is 14.5 Å². The van der Waals surface area contributed by atoms with Crippen LogP contribution in [0.5, 0.6) is 0 Å². The van der Waals surface area contributed by atoms with E-state index >= 15 is 0 Å². The maximum Gasteiger partial charge on any atom is 0.317 e. The third-order valence-corrected chi connectivity index (χ3v) is 4.34. The molecule has 1 fully saturated rings. The van der Waals surface area contributed by atoms with E-state index in [9.17, 15) is 9.59 Å². The van der Waals surface area contributed by atoms with Gasteiger partial charge in [-0.25, -0.2) is 0 Å². The van der Waals surface area contributed by atoms with E-state index in [1.54, 1.807) is 16.8 Å². The van der Waals surface area contributed by atoms with Crippen molar-refractivity contribution in [3.05, 3.63) is 35.4 Å². The van der Waals surface area contributed by atoms with Crippen LogP contribution in [-0.2, 0) is 14.9 Å². The predicted molar refractivity (Wildman–Crippen MR) is 95.9 cm³/mol. The summed E-state index contributed by atoms with van der Waals surface area (Å²) in [4.78, 5) is 27.0. The summed E-state index contributed by atoms with van der Waals surface area (Å²) in [6, 6.07) is 7.77. The largest absolute Gasteiger partial charge is 0.480 e. The maximum atomic E-state index is 12.7. The van der Waals surface area contributed by atoms with Gasteiger partial charge in [-0.1, -0.05) is 32.9 Å². The van der Waals surface area contributed by atoms with Crippen molar-refractivity contribution in [1.29, 1.82) is 0 Å². The second-order valence-electron chi connectivity index (χ2n) is 7.66. The lowest BCUT2D eigenvalue weighted by Crippen LogP contribution is -2.49. The average molecular weight is 348 g/mol. The van der Waals surface area contributed by atoms with E-state index in [1.807, 2.05) is 24.3 Å². The lowest BCUT2D eigenvalue weighted by atomic mass is 9.86. The molecule has 1 amide bonds. The molecule has 1 aliphatic heterocycles. The van der Waals surface area contributed by atoms with Gasteiger partial charge in [0.15, 0.2) is 0 Å². The Morgan fingerprint density at radius 3 is 2.48 bits per heavy atom. The molecule has 0 bridgehead atoms. The molecule has 0 radical (unpaired) electrons. The van der Waals surface area contributed by atoms with Crippen LogP contribution >= 0.6 is 0 Å². The number of amides is 1. The van der Waals surface area contributed by atoms with E-state index in [4.69, 9.17) is 9.84 Å². The van der Waals surface area contributed by atoms with Crippen LogP contribution in [-0.4, -0.2) is 72.7 Å². The quantitative estimate of drug-likeness (QED) is 0.879. The van der Waals surface area contributed by atoms with Gasteiger partial charge in [-0.2, -0.15) is 0 Å². The van der Waals surface area contributed by atoms with Crippen LogP contribution in [0.15, 0.2) is 24.3 Å². The minimum Gasteiger partial charge on any atom is -0.480 e. The highest BCUT2D eigenvalue weighted by atomic mass is 16.5. The number of aliphatic carboxylic acids is 1. The summed E-state index contributed by atoms with van der Waals surface area (Å²) in [6.45, 7) is 8.37. The van der Waals surface area contributed by atoms with Crippen molar-refractivity contribution in [3.8, 4) is 0 Å². The second kappa shape index (κ2) is 7.97. The number of morpholine rings is 1. The zero-order valence-electron chi connectivity index (χ0n) is 15.5. The molecular weight excluding hydrogens is 320 g/mol. The Morgan fingerprint density at radius 1 is 1.28 bits per heavy atom. The third kappa shape index (κ3) is 5.54. The Hall–Kier alpha value is -1.92. The first kappa shape index (κ1) is 19.4. The zero-order chi connectivity index (χ0) is 18.6. The fourth-order valence-corrected chi connectivity index (χ4v) is 2.95. The van der Waals surface area contributed by atoms with Crippen molar-refractivity contribution in [2.45, 2.75) is 32.3 Å². The highest BCUT2D eigenvalue weighted by molar-refractivity contribution is 5.94. The fraction of sp³-hybridized carbons (Fsp3) is 0.579. The minimum absolute atomic E-state index is 0.00496. The van der Waals surface area contributed by atoms with Crippen LogP contribution in [0.3, 0.4) is 0 Å². The normalized spacial score (nSPS) is 18.4. The van der Waals surface area contributed by atoms with Crippen molar-refractivity contribution in [3.63, 3.8) is 0 Å². The summed E-state index contributed by atoms with van der Waals surface area (Å²) in [5.41, 5.74) is 1.92. The first-order valence-electron chi connectivity index (χ1n) is 8.58. The smallest absolute Gasteiger partial charge is 0.317 e. The first-order chi connectivity index (χ1) is 11.7. The van der Waals surface area contributed by atoms with Crippen LogP contribution < -0.4 is 0 Å². The number of hydrogen-bond acceptors (Lipinski definition) is 4. The van der Waals surface area contributed by atoms with Crippen LogP contribution in [0.4, 0.5) is 0 Å². The van der Waals surface area contributed by atoms with E-state index in [0.29, 0.717) is 31.8 Å². The van der Waals surface area contributed by atoms with E-state index in [-0.39, 0.29) is 24.0 Å². The lowest BCUT2D eigenvalue weighted by molar-refractivity contribution is -0.138. The number of carbonyl (C=O) groups excluding carboxylic acids is 1. The Balaban J connectivity index is 1.98. The van der Waals surface area contributed by atoms with Gasteiger partial charge in [0.2, 0.25) is 0 Å². The number of nitrogens with zero attached hydrogens (tertiary/aromatic N) is 2. The van der Waals surface area contributed by atoms with Crippen LogP contribution in [0.1, 0.15) is 36.7 Å². The summed E-state index contributed by atoms with van der Waals surface area (Å²) < 4.78 is 5.68. The molecule has 1 aliphatic rings. The average Bonchev–Trinajstić information content (AvgIpc) is 2.53. The zero-order valence-corrected chi connectivity index (χ0v) is 15.5. The van der Waals surface area contributed by atoms with E-state index in [2.05, 4.69) is 20.8 Å². The fourth-order valence-electron chi connectivity index (χ4n) is 2.95. The van der Waals surface area contributed by atoms with Gasteiger partial charge < -0.3 is 14.7 Å². The van der Waals surface area contributed by atoms with Crippen molar-refractivity contribution < 1.29 is 19.4 Å². The van der Waals surface area contributed by atoms with Gasteiger partial charge >= 0.3 is 5.97 Å². The topological polar surface area (TPSA) is 70.1 Å². The molecule has 1 saturated heterocycles. The molecule has 0 aromatic heterocycles. The number of carboxylic acids is 1. The second-order valence-corrected chi connectivity index (χ2v) is 7.66. The van der Waals surface area contributed by atoms with Gasteiger partial charge in [0.05, 0.1) is 19.3 Å². The summed E-state index contributed by atoms with van der Waals surface area (Å²) in [5.74, 6) is -0.875. The monoisotopic (exact) mass is 348 g/mol. The molecule has 0 spiro atoms. The van der Waals surface area contributed by atoms with Gasteiger partial charge in [-0.05, 0) is 30.2 Å². The number of rotatable bonds is 5. The minimum atomic E-state index is -0.870. The number of carbonyl (C=O) groups is 2. The molecule has 25 heavy (non-hydrogen) atoms. The van der Waals surface area contributed by atoms with Crippen molar-refractivity contribution in [2.75, 3.05) is 39.8 Å². The van der Waals surface area contributed by atoms with Gasteiger partial charge in [0, 0.05) is 25.2 Å². The Kier molecular flexibility index (Phi) is 6.19. The van der Waals surface area contributed by atoms with E-state index in [0.717, 1.165) is 0 Å². The number of hydrogen-bond donors (Lipinski definition) is 1. The third-order valence-electron chi connectivity index (χ3n) is 4.34. The summed E-state index contributed by atoms with van der Waals surface area (Å²) in [7, 11) is 1.74. The molecule has 1 unspecified atom stereocenters. The molecule has 6 heteroatoms. The van der Waals surface area contributed by atoms with Crippen molar-refractivity contribution in [2.24, 2.45) is 0 Å². The van der Waals surface area contributed by atoms with E-state index in [1.165, 1.54) is 5.56 Å². The molecule has 2 rings (SSSR count). The molecule has 1 heterocycles. The Morgan fingerprint density at radius 2 is 1.92 bits per heavy atom. The number of benzene rings is 1. The molecular formula is C19H28N2O4. The Labute approximate surface area is 149 Å². The molecule has 1 atom stereocenters. The first-order valence-corrected chi connectivity index (χ1v) is 8.58. The maximum absolute atomic E-state index is 12.7. The van der Waals surface area contributed by atoms with Gasteiger partial charge in [0.25, 0.3) is 5.91 Å². The highest BCUT2D eigenvalue weighted by Crippen LogP contribution is 2.22. The van der Waals surface area contributed by atoms with Crippen LogP contribution in [0.2, 0.25) is 0 Å². The molecule has 1 aromatic carbocycles. The molecule has 6 nitrogen and oxygen atoms in total. The highest BCUT2D eigenvalue weighted by Gasteiger charge is 2.26. The predicted octanol–water partition coefficient (Wildman–Crippen LogP) is 1.84. The van der Waals surface area contributed by atoms with E-state index < -0.39 is 5.97 Å².